The van der Waals surface area contributed by atoms with Crippen LogP contribution in [0.3, 0.4) is 0 Å². The molecule has 2 aromatic carbocycles. The Kier molecular flexibility index (Phi) is 7.16. The fraction of sp³-hybridized carbons (Fsp3) is 0.176. The van der Waals surface area contributed by atoms with Crippen molar-refractivity contribution in [2.45, 2.75) is 6.61 Å². The fourth-order valence-corrected chi connectivity index (χ4v) is 2.24. The van der Waals surface area contributed by atoms with E-state index in [-0.39, 0.29) is 29.0 Å². The molecule has 1 amide bonds. The standard InChI is InChI=1S/C17H16ClF2N3O3/c1-25-14-8-11(7-13(18)16(14)26-17(19)20)9-22-23-15(24)10-21-12-5-3-2-4-6-12/h2-9,17,21H,10H2,1H3,(H,23,24)/b22-9-. The van der Waals surface area contributed by atoms with E-state index in [0.717, 1.165) is 5.69 Å². The summed E-state index contributed by atoms with van der Waals surface area (Å²) in [5, 5.41) is 6.66. The van der Waals surface area contributed by atoms with E-state index in [0.29, 0.717) is 5.56 Å². The lowest BCUT2D eigenvalue weighted by Gasteiger charge is -2.12. The summed E-state index contributed by atoms with van der Waals surface area (Å²) in [6, 6.07) is 12.0. The number of carbonyl (C=O) groups is 1. The van der Waals surface area contributed by atoms with E-state index in [1.54, 1.807) is 0 Å². The number of benzene rings is 2. The molecule has 0 spiro atoms. The van der Waals surface area contributed by atoms with Crippen LogP contribution in [0.15, 0.2) is 47.6 Å². The van der Waals surface area contributed by atoms with Gasteiger partial charge in [0.2, 0.25) is 0 Å². The Morgan fingerprint density at radius 2 is 2.04 bits per heavy atom. The fourth-order valence-electron chi connectivity index (χ4n) is 1.97. The highest BCUT2D eigenvalue weighted by Crippen LogP contribution is 2.37. The van der Waals surface area contributed by atoms with Crippen molar-refractivity contribution in [3.8, 4) is 11.5 Å². The maximum Gasteiger partial charge on any atom is 0.387 e. The van der Waals surface area contributed by atoms with Crippen LogP contribution < -0.4 is 20.2 Å². The van der Waals surface area contributed by atoms with Gasteiger partial charge in [-0.05, 0) is 29.8 Å². The van der Waals surface area contributed by atoms with Crippen molar-refractivity contribution in [2.24, 2.45) is 5.10 Å². The molecule has 6 nitrogen and oxygen atoms in total. The molecule has 9 heteroatoms. The van der Waals surface area contributed by atoms with Crippen LogP contribution in [-0.2, 0) is 4.79 Å². The quantitative estimate of drug-likeness (QED) is 0.540. The van der Waals surface area contributed by atoms with Crippen LogP contribution >= 0.6 is 11.6 Å². The third-order valence-electron chi connectivity index (χ3n) is 3.09. The molecule has 0 unspecified atom stereocenters. The summed E-state index contributed by atoms with van der Waals surface area (Å²) < 4.78 is 34.1. The molecule has 0 fully saturated rings. The van der Waals surface area contributed by atoms with E-state index in [9.17, 15) is 13.6 Å². The van der Waals surface area contributed by atoms with Gasteiger partial charge >= 0.3 is 6.61 Å². The summed E-state index contributed by atoms with van der Waals surface area (Å²) in [5.74, 6) is -0.602. The van der Waals surface area contributed by atoms with Crippen molar-refractivity contribution >= 4 is 29.4 Å². The Hall–Kier alpha value is -2.87. The Morgan fingerprint density at radius 1 is 1.31 bits per heavy atom. The zero-order valence-corrected chi connectivity index (χ0v) is 14.5. The molecular weight excluding hydrogens is 368 g/mol. The van der Waals surface area contributed by atoms with Gasteiger partial charge in [0.25, 0.3) is 5.91 Å². The van der Waals surface area contributed by atoms with E-state index in [1.807, 2.05) is 30.3 Å². The van der Waals surface area contributed by atoms with Crippen LogP contribution in [-0.4, -0.2) is 32.4 Å². The highest BCUT2D eigenvalue weighted by molar-refractivity contribution is 6.32. The van der Waals surface area contributed by atoms with Crippen LogP contribution in [0, 0.1) is 0 Å². The van der Waals surface area contributed by atoms with Gasteiger partial charge in [0.1, 0.15) is 0 Å². The molecule has 0 heterocycles. The summed E-state index contributed by atoms with van der Waals surface area (Å²) in [6.07, 6.45) is 1.31. The Labute approximate surface area is 153 Å². The zero-order chi connectivity index (χ0) is 18.9. The van der Waals surface area contributed by atoms with Gasteiger partial charge in [-0.3, -0.25) is 4.79 Å². The average Bonchev–Trinajstić information content (AvgIpc) is 2.62. The summed E-state index contributed by atoms with van der Waals surface area (Å²) in [4.78, 5) is 11.7. The number of alkyl halides is 2. The summed E-state index contributed by atoms with van der Waals surface area (Å²) in [6.45, 7) is -3.00. The smallest absolute Gasteiger partial charge is 0.387 e. The highest BCUT2D eigenvalue weighted by Gasteiger charge is 2.15. The minimum Gasteiger partial charge on any atom is -0.493 e. The summed E-state index contributed by atoms with van der Waals surface area (Å²) in [7, 11) is 1.29. The van der Waals surface area contributed by atoms with Crippen LogP contribution in [0.1, 0.15) is 5.56 Å². The predicted molar refractivity (Wildman–Crippen MR) is 95.3 cm³/mol. The van der Waals surface area contributed by atoms with E-state index >= 15 is 0 Å². The van der Waals surface area contributed by atoms with Crippen molar-refractivity contribution < 1.29 is 23.0 Å². The van der Waals surface area contributed by atoms with Crippen LogP contribution in [0.5, 0.6) is 11.5 Å². The molecular formula is C17H16ClF2N3O3. The lowest BCUT2D eigenvalue weighted by Crippen LogP contribution is -2.25. The Bertz CT molecular complexity index is 773. The van der Waals surface area contributed by atoms with Gasteiger partial charge in [0.05, 0.1) is 24.9 Å². The SMILES string of the molecule is COc1cc(/C=N\NC(=O)CNc2ccccc2)cc(Cl)c1OC(F)F. The molecule has 26 heavy (non-hydrogen) atoms. The molecule has 2 N–H and O–H groups in total. The molecule has 0 aliphatic carbocycles. The van der Waals surface area contributed by atoms with Crippen molar-refractivity contribution in [3.05, 3.63) is 53.1 Å². The number of anilines is 1. The van der Waals surface area contributed by atoms with Crippen LogP contribution in [0.2, 0.25) is 5.02 Å². The first kappa shape index (κ1) is 19.5. The minimum atomic E-state index is -3.03. The third kappa shape index (κ3) is 5.89. The molecule has 0 aliphatic rings. The molecule has 0 aliphatic heterocycles. The summed E-state index contributed by atoms with van der Waals surface area (Å²) >= 11 is 5.92. The second-order valence-electron chi connectivity index (χ2n) is 4.93. The molecule has 0 radical (unpaired) electrons. The first-order chi connectivity index (χ1) is 12.5. The first-order valence-electron chi connectivity index (χ1n) is 7.42. The number of methoxy groups -OCH3 is 1. The minimum absolute atomic E-state index is 0.0244. The molecule has 0 atom stereocenters. The summed E-state index contributed by atoms with van der Waals surface area (Å²) in [5.41, 5.74) is 3.58. The molecule has 0 saturated carbocycles. The maximum absolute atomic E-state index is 12.4. The number of nitrogens with zero attached hydrogens (tertiary/aromatic N) is 1. The van der Waals surface area contributed by atoms with Gasteiger partial charge in [-0.25, -0.2) is 5.43 Å². The van der Waals surface area contributed by atoms with Crippen molar-refractivity contribution in [3.63, 3.8) is 0 Å². The van der Waals surface area contributed by atoms with Crippen LogP contribution in [0.4, 0.5) is 14.5 Å². The Morgan fingerprint density at radius 3 is 2.69 bits per heavy atom. The number of hydrogen-bond donors (Lipinski definition) is 2. The molecule has 2 rings (SSSR count). The maximum atomic E-state index is 12.4. The number of nitrogens with one attached hydrogen (secondary N) is 2. The van der Waals surface area contributed by atoms with Gasteiger partial charge in [0, 0.05) is 5.69 Å². The number of amides is 1. The molecule has 2 aromatic rings. The lowest BCUT2D eigenvalue weighted by atomic mass is 10.2. The van der Waals surface area contributed by atoms with Gasteiger partial charge in [-0.15, -0.1) is 0 Å². The number of carbonyl (C=O) groups excluding carboxylic acids is 1. The molecule has 0 bridgehead atoms. The van der Waals surface area contributed by atoms with Gasteiger partial charge < -0.3 is 14.8 Å². The largest absolute Gasteiger partial charge is 0.493 e. The number of rotatable bonds is 8. The second kappa shape index (κ2) is 9.57. The number of hydrogen-bond acceptors (Lipinski definition) is 5. The lowest BCUT2D eigenvalue weighted by molar-refractivity contribution is -0.119. The van der Waals surface area contributed by atoms with Crippen LogP contribution in [0.25, 0.3) is 0 Å². The topological polar surface area (TPSA) is 72.0 Å². The van der Waals surface area contributed by atoms with Gasteiger partial charge in [-0.2, -0.15) is 13.9 Å². The predicted octanol–water partition coefficient (Wildman–Crippen LogP) is 3.51. The molecule has 0 aromatic heterocycles. The van der Waals surface area contributed by atoms with Crippen molar-refractivity contribution in [1.29, 1.82) is 0 Å². The third-order valence-corrected chi connectivity index (χ3v) is 3.37. The monoisotopic (exact) mass is 383 g/mol. The number of para-hydroxylation sites is 1. The zero-order valence-electron chi connectivity index (χ0n) is 13.7. The molecule has 138 valence electrons. The van der Waals surface area contributed by atoms with E-state index in [1.165, 1.54) is 25.5 Å². The van der Waals surface area contributed by atoms with E-state index < -0.39 is 6.61 Å². The van der Waals surface area contributed by atoms with Crippen molar-refractivity contribution in [2.75, 3.05) is 19.0 Å². The normalized spacial score (nSPS) is 10.8. The van der Waals surface area contributed by atoms with Gasteiger partial charge in [-0.1, -0.05) is 29.8 Å². The first-order valence-corrected chi connectivity index (χ1v) is 7.80. The Balaban J connectivity index is 1.95. The van der Waals surface area contributed by atoms with E-state index in [2.05, 4.69) is 20.6 Å². The van der Waals surface area contributed by atoms with Gasteiger partial charge in [0.15, 0.2) is 11.5 Å². The highest BCUT2D eigenvalue weighted by atomic mass is 35.5. The number of ether oxygens (including phenoxy) is 2. The average molecular weight is 384 g/mol. The van der Waals surface area contributed by atoms with Crippen molar-refractivity contribution in [1.82, 2.24) is 5.43 Å². The molecule has 0 saturated heterocycles. The number of hydrazone groups is 1. The van der Waals surface area contributed by atoms with E-state index in [4.69, 9.17) is 16.3 Å². The number of halogens is 3. The second-order valence-corrected chi connectivity index (χ2v) is 5.33.